The Kier molecular flexibility index (Phi) is 5.77. The number of carbonyl (C=O) groups excluding carboxylic acids is 1. The van der Waals surface area contributed by atoms with Crippen LogP contribution in [0.2, 0.25) is 0 Å². The van der Waals surface area contributed by atoms with E-state index in [1.807, 2.05) is 6.07 Å². The molecule has 3 rings (SSSR count). The van der Waals surface area contributed by atoms with E-state index in [0.717, 1.165) is 4.47 Å². The van der Waals surface area contributed by atoms with Crippen LogP contribution in [0.5, 0.6) is 0 Å². The van der Waals surface area contributed by atoms with Gasteiger partial charge in [0.05, 0.1) is 17.2 Å². The minimum absolute atomic E-state index is 0.118. The van der Waals surface area contributed by atoms with Gasteiger partial charge in [0.15, 0.2) is 5.82 Å². The summed E-state index contributed by atoms with van der Waals surface area (Å²) in [6, 6.07) is 5.35. The Labute approximate surface area is 157 Å². The molecule has 1 N–H and O–H groups in total. The molecule has 0 bridgehead atoms. The molecule has 1 amide bonds. The highest BCUT2D eigenvalue weighted by atomic mass is 79.9. The van der Waals surface area contributed by atoms with E-state index in [4.69, 9.17) is 4.52 Å². The van der Waals surface area contributed by atoms with E-state index in [2.05, 4.69) is 36.4 Å². The predicted molar refractivity (Wildman–Crippen MR) is 98.7 cm³/mol. The van der Waals surface area contributed by atoms with Crippen LogP contribution in [0, 0.1) is 6.92 Å². The Bertz CT molecular complexity index is 982. The SMILES string of the molecule is Cc1noc(CCCNC(=O)CCn2cnc3ccc(Br)cc3c2=O)n1. The fraction of sp³-hybridized carbons (Fsp3) is 0.353. The second kappa shape index (κ2) is 8.22. The summed E-state index contributed by atoms with van der Waals surface area (Å²) in [7, 11) is 0. The Morgan fingerprint density at radius 2 is 2.23 bits per heavy atom. The van der Waals surface area contributed by atoms with Crippen molar-refractivity contribution in [3.05, 3.63) is 51.1 Å². The van der Waals surface area contributed by atoms with E-state index in [-0.39, 0.29) is 24.4 Å². The maximum Gasteiger partial charge on any atom is 0.261 e. The van der Waals surface area contributed by atoms with Crippen molar-refractivity contribution in [2.75, 3.05) is 6.54 Å². The van der Waals surface area contributed by atoms with Crippen molar-refractivity contribution in [3.8, 4) is 0 Å². The standard InChI is InChI=1S/C17H18BrN5O3/c1-11-21-16(26-22-11)3-2-7-19-15(24)6-8-23-10-20-14-5-4-12(18)9-13(14)17(23)25/h4-5,9-10H,2-3,6-8H2,1H3,(H,19,24). The highest BCUT2D eigenvalue weighted by Crippen LogP contribution is 2.14. The number of nitrogens with zero attached hydrogens (tertiary/aromatic N) is 4. The summed E-state index contributed by atoms with van der Waals surface area (Å²) in [6.45, 7) is 2.55. The van der Waals surface area contributed by atoms with Crippen molar-refractivity contribution in [1.29, 1.82) is 0 Å². The average molecular weight is 420 g/mol. The summed E-state index contributed by atoms with van der Waals surface area (Å²) >= 11 is 3.35. The topological polar surface area (TPSA) is 103 Å². The first-order chi connectivity index (χ1) is 12.5. The number of aromatic nitrogens is 4. The quantitative estimate of drug-likeness (QED) is 0.587. The van der Waals surface area contributed by atoms with Crippen LogP contribution in [0.25, 0.3) is 10.9 Å². The van der Waals surface area contributed by atoms with Crippen LogP contribution in [-0.4, -0.2) is 32.1 Å². The van der Waals surface area contributed by atoms with Crippen molar-refractivity contribution in [3.63, 3.8) is 0 Å². The third-order valence-electron chi connectivity index (χ3n) is 3.83. The minimum Gasteiger partial charge on any atom is -0.356 e. The fourth-order valence-electron chi connectivity index (χ4n) is 2.51. The maximum atomic E-state index is 12.5. The number of benzene rings is 1. The average Bonchev–Trinajstić information content (AvgIpc) is 3.04. The number of hydrogen-bond donors (Lipinski definition) is 1. The predicted octanol–water partition coefficient (Wildman–Crippen LogP) is 1.99. The van der Waals surface area contributed by atoms with Crippen molar-refractivity contribution >= 4 is 32.7 Å². The van der Waals surface area contributed by atoms with Crippen LogP contribution in [0.15, 0.2) is 38.3 Å². The van der Waals surface area contributed by atoms with Gasteiger partial charge < -0.3 is 9.84 Å². The molecule has 136 valence electrons. The van der Waals surface area contributed by atoms with Crippen LogP contribution in [-0.2, 0) is 17.8 Å². The number of halogens is 1. The monoisotopic (exact) mass is 419 g/mol. The first-order valence-corrected chi connectivity index (χ1v) is 9.03. The molecule has 0 aliphatic heterocycles. The van der Waals surface area contributed by atoms with Gasteiger partial charge in [0.25, 0.3) is 5.56 Å². The molecule has 0 unspecified atom stereocenters. The molecular formula is C17H18BrN5O3. The van der Waals surface area contributed by atoms with Gasteiger partial charge >= 0.3 is 0 Å². The molecule has 0 fully saturated rings. The summed E-state index contributed by atoms with van der Waals surface area (Å²) in [4.78, 5) is 32.8. The summed E-state index contributed by atoms with van der Waals surface area (Å²) in [5.41, 5.74) is 0.478. The third kappa shape index (κ3) is 4.54. The summed E-state index contributed by atoms with van der Waals surface area (Å²) in [6.07, 6.45) is 3.01. The molecule has 2 heterocycles. The molecule has 3 aromatic rings. The molecule has 0 radical (unpaired) electrons. The largest absolute Gasteiger partial charge is 0.356 e. The number of carbonyl (C=O) groups is 1. The van der Waals surface area contributed by atoms with Gasteiger partial charge in [-0.1, -0.05) is 21.1 Å². The van der Waals surface area contributed by atoms with Gasteiger partial charge in [-0.05, 0) is 31.5 Å². The van der Waals surface area contributed by atoms with Gasteiger partial charge in [-0.3, -0.25) is 14.2 Å². The minimum atomic E-state index is -0.157. The highest BCUT2D eigenvalue weighted by molar-refractivity contribution is 9.10. The second-order valence-corrected chi connectivity index (χ2v) is 6.76. The molecule has 0 spiro atoms. The number of hydrogen-bond acceptors (Lipinski definition) is 6. The van der Waals surface area contributed by atoms with Crippen molar-refractivity contribution in [1.82, 2.24) is 25.0 Å². The van der Waals surface area contributed by atoms with Crippen LogP contribution in [0.4, 0.5) is 0 Å². The summed E-state index contributed by atoms with van der Waals surface area (Å²) in [5, 5.41) is 7.06. The maximum absolute atomic E-state index is 12.5. The zero-order chi connectivity index (χ0) is 18.5. The summed E-state index contributed by atoms with van der Waals surface area (Å²) < 4.78 is 7.28. The molecule has 0 saturated heterocycles. The van der Waals surface area contributed by atoms with Gasteiger partial charge in [0.1, 0.15) is 0 Å². The van der Waals surface area contributed by atoms with E-state index in [1.54, 1.807) is 19.1 Å². The Balaban J connectivity index is 1.49. The lowest BCUT2D eigenvalue weighted by molar-refractivity contribution is -0.121. The van der Waals surface area contributed by atoms with Crippen molar-refractivity contribution in [2.45, 2.75) is 32.7 Å². The Morgan fingerprint density at radius 3 is 3.00 bits per heavy atom. The van der Waals surface area contributed by atoms with Gasteiger partial charge in [-0.2, -0.15) is 4.98 Å². The lowest BCUT2D eigenvalue weighted by Crippen LogP contribution is -2.28. The number of amides is 1. The molecule has 8 nitrogen and oxygen atoms in total. The first kappa shape index (κ1) is 18.2. The van der Waals surface area contributed by atoms with Gasteiger partial charge in [0.2, 0.25) is 11.8 Å². The first-order valence-electron chi connectivity index (χ1n) is 8.23. The van der Waals surface area contributed by atoms with Crippen LogP contribution in [0.1, 0.15) is 24.6 Å². The molecule has 9 heteroatoms. The summed E-state index contributed by atoms with van der Waals surface area (Å²) in [5.74, 6) is 1.05. The molecule has 0 atom stereocenters. The molecule has 26 heavy (non-hydrogen) atoms. The van der Waals surface area contributed by atoms with Crippen LogP contribution in [0.3, 0.4) is 0 Å². The van der Waals surface area contributed by atoms with Crippen LogP contribution < -0.4 is 10.9 Å². The third-order valence-corrected chi connectivity index (χ3v) is 4.32. The van der Waals surface area contributed by atoms with Crippen LogP contribution >= 0.6 is 15.9 Å². The molecule has 0 aliphatic rings. The Morgan fingerprint density at radius 1 is 1.38 bits per heavy atom. The Hall–Kier alpha value is -2.55. The number of nitrogens with one attached hydrogen (secondary N) is 1. The van der Waals surface area contributed by atoms with E-state index in [9.17, 15) is 9.59 Å². The number of fused-ring (bicyclic) bond motifs is 1. The van der Waals surface area contributed by atoms with Crippen molar-refractivity contribution < 1.29 is 9.32 Å². The van der Waals surface area contributed by atoms with E-state index < -0.39 is 0 Å². The lowest BCUT2D eigenvalue weighted by Gasteiger charge is -2.07. The van der Waals surface area contributed by atoms with E-state index in [0.29, 0.717) is 42.0 Å². The van der Waals surface area contributed by atoms with E-state index in [1.165, 1.54) is 10.9 Å². The highest BCUT2D eigenvalue weighted by Gasteiger charge is 2.08. The van der Waals surface area contributed by atoms with E-state index >= 15 is 0 Å². The molecule has 2 aromatic heterocycles. The number of rotatable bonds is 7. The normalized spacial score (nSPS) is 11.0. The lowest BCUT2D eigenvalue weighted by atomic mass is 10.2. The molecular weight excluding hydrogens is 402 g/mol. The molecule has 1 aromatic carbocycles. The smallest absolute Gasteiger partial charge is 0.261 e. The van der Waals surface area contributed by atoms with Gasteiger partial charge in [-0.25, -0.2) is 4.98 Å². The zero-order valence-corrected chi connectivity index (χ0v) is 15.8. The van der Waals surface area contributed by atoms with Crippen molar-refractivity contribution in [2.24, 2.45) is 0 Å². The number of aryl methyl sites for hydroxylation is 3. The molecule has 0 saturated carbocycles. The molecule has 0 aliphatic carbocycles. The fourth-order valence-corrected chi connectivity index (χ4v) is 2.87. The van der Waals surface area contributed by atoms with Gasteiger partial charge in [0, 0.05) is 30.4 Å². The second-order valence-electron chi connectivity index (χ2n) is 5.84. The van der Waals surface area contributed by atoms with Gasteiger partial charge in [-0.15, -0.1) is 0 Å². The zero-order valence-electron chi connectivity index (χ0n) is 14.2.